The third-order valence-corrected chi connectivity index (χ3v) is 2.20. The van der Waals surface area contributed by atoms with Crippen LogP contribution in [-0.2, 0) is 0 Å². The lowest BCUT2D eigenvalue weighted by Crippen LogP contribution is -1.93. The fraction of sp³-hybridized carbons (Fsp3) is 0.111. The van der Waals surface area contributed by atoms with E-state index < -0.39 is 4.92 Å². The Hall–Kier alpha value is -2.44. The molecular formula is C9H7N3O4. The van der Waals surface area contributed by atoms with Crippen LogP contribution < -0.4 is 4.74 Å². The lowest BCUT2D eigenvalue weighted by Gasteiger charge is -2.00. The number of carbonyl (C=O) groups excluding carboxylic acids is 1. The minimum Gasteiger partial charge on any atom is -0.490 e. The molecule has 0 saturated heterocycles. The second-order valence-corrected chi connectivity index (χ2v) is 3.05. The van der Waals surface area contributed by atoms with Gasteiger partial charge in [-0.15, -0.1) is 0 Å². The number of fused-ring (bicyclic) bond motifs is 1. The van der Waals surface area contributed by atoms with Crippen LogP contribution >= 0.6 is 0 Å². The Bertz CT molecular complexity index is 575. The number of hydrogen-bond acceptors (Lipinski definition) is 5. The first-order valence-corrected chi connectivity index (χ1v) is 4.33. The van der Waals surface area contributed by atoms with E-state index in [-0.39, 0.29) is 17.1 Å². The second-order valence-electron chi connectivity index (χ2n) is 3.05. The van der Waals surface area contributed by atoms with E-state index >= 15 is 0 Å². The number of nitrogens with one attached hydrogen (secondary N) is 1. The number of rotatable bonds is 3. The van der Waals surface area contributed by atoms with Gasteiger partial charge in [0.05, 0.1) is 17.5 Å². The number of aldehydes is 1. The number of aromatic nitrogens is 2. The zero-order valence-electron chi connectivity index (χ0n) is 8.26. The maximum Gasteiger partial charge on any atom is 0.313 e. The predicted molar refractivity (Wildman–Crippen MR) is 54.7 cm³/mol. The average molecular weight is 221 g/mol. The van der Waals surface area contributed by atoms with Crippen molar-refractivity contribution in [2.75, 3.05) is 7.11 Å². The molecule has 0 radical (unpaired) electrons. The summed E-state index contributed by atoms with van der Waals surface area (Å²) in [6, 6.07) is 2.68. The second kappa shape index (κ2) is 3.61. The van der Waals surface area contributed by atoms with Gasteiger partial charge in [-0.25, -0.2) is 0 Å². The van der Waals surface area contributed by atoms with Crippen molar-refractivity contribution in [3.05, 3.63) is 27.9 Å². The molecule has 0 aliphatic heterocycles. The summed E-state index contributed by atoms with van der Waals surface area (Å²) in [6.07, 6.45) is 0.598. The third-order valence-electron chi connectivity index (χ3n) is 2.20. The third kappa shape index (κ3) is 1.38. The number of nitro groups is 1. The van der Waals surface area contributed by atoms with Crippen molar-refractivity contribution < 1.29 is 14.5 Å². The van der Waals surface area contributed by atoms with Crippen molar-refractivity contribution in [2.45, 2.75) is 0 Å². The minimum absolute atomic E-state index is 0.0991. The van der Waals surface area contributed by atoms with Gasteiger partial charge in [0.1, 0.15) is 5.69 Å². The molecule has 0 aliphatic rings. The maximum absolute atomic E-state index is 10.7. The number of nitro benzene ring substituents is 1. The Balaban J connectivity index is 2.76. The number of carbonyl (C=O) groups is 1. The molecule has 0 spiro atoms. The van der Waals surface area contributed by atoms with Crippen molar-refractivity contribution in [3.63, 3.8) is 0 Å². The fourth-order valence-corrected chi connectivity index (χ4v) is 1.44. The smallest absolute Gasteiger partial charge is 0.313 e. The summed E-state index contributed by atoms with van der Waals surface area (Å²) in [5.41, 5.74) is 0.441. The lowest BCUT2D eigenvalue weighted by atomic mass is 10.2. The summed E-state index contributed by atoms with van der Waals surface area (Å²) in [7, 11) is 1.33. The van der Waals surface area contributed by atoms with Crippen molar-refractivity contribution in [3.8, 4) is 5.75 Å². The van der Waals surface area contributed by atoms with Gasteiger partial charge in [0.15, 0.2) is 12.0 Å². The van der Waals surface area contributed by atoms with Gasteiger partial charge in [-0.2, -0.15) is 5.10 Å². The van der Waals surface area contributed by atoms with Crippen LogP contribution in [0.25, 0.3) is 10.9 Å². The number of benzene rings is 1. The number of nitrogens with zero attached hydrogens (tertiary/aromatic N) is 2. The van der Waals surface area contributed by atoms with Crippen LogP contribution in [0.4, 0.5) is 5.69 Å². The molecule has 0 unspecified atom stereocenters. The summed E-state index contributed by atoms with van der Waals surface area (Å²) in [5, 5.41) is 17.5. The molecule has 1 heterocycles. The Morgan fingerprint density at radius 1 is 1.56 bits per heavy atom. The normalized spacial score (nSPS) is 10.3. The van der Waals surface area contributed by atoms with Crippen LogP contribution in [0, 0.1) is 10.1 Å². The highest BCUT2D eigenvalue weighted by atomic mass is 16.6. The van der Waals surface area contributed by atoms with E-state index in [0.29, 0.717) is 17.2 Å². The van der Waals surface area contributed by atoms with Crippen molar-refractivity contribution in [1.29, 1.82) is 0 Å². The van der Waals surface area contributed by atoms with Gasteiger partial charge < -0.3 is 4.74 Å². The number of hydrogen-bond donors (Lipinski definition) is 1. The number of ether oxygens (including phenoxy) is 1. The van der Waals surface area contributed by atoms with Crippen LogP contribution in [0.2, 0.25) is 0 Å². The first-order chi connectivity index (χ1) is 7.67. The zero-order valence-corrected chi connectivity index (χ0v) is 8.26. The van der Waals surface area contributed by atoms with Crippen LogP contribution in [-0.4, -0.2) is 28.5 Å². The Morgan fingerprint density at radius 3 is 2.88 bits per heavy atom. The molecule has 1 aromatic carbocycles. The van der Waals surface area contributed by atoms with E-state index in [2.05, 4.69) is 10.2 Å². The molecular weight excluding hydrogens is 214 g/mol. The standard InChI is InChI=1S/C9H7N3O4/c1-16-9-2-5-6(3-8(9)12(14)15)10-11-7(5)4-13/h2-4H,1H3,(H,10,11). The largest absolute Gasteiger partial charge is 0.490 e. The van der Waals surface area contributed by atoms with E-state index in [1.807, 2.05) is 0 Å². The van der Waals surface area contributed by atoms with E-state index in [4.69, 9.17) is 4.74 Å². The number of methoxy groups -OCH3 is 1. The summed E-state index contributed by atoms with van der Waals surface area (Å²) in [4.78, 5) is 20.8. The molecule has 2 rings (SSSR count). The molecule has 16 heavy (non-hydrogen) atoms. The molecule has 7 nitrogen and oxygen atoms in total. The molecule has 0 fully saturated rings. The van der Waals surface area contributed by atoms with Crippen LogP contribution in [0.15, 0.2) is 12.1 Å². The quantitative estimate of drug-likeness (QED) is 0.478. The average Bonchev–Trinajstić information content (AvgIpc) is 2.68. The summed E-state index contributed by atoms with van der Waals surface area (Å²) < 4.78 is 4.88. The van der Waals surface area contributed by atoms with Crippen LogP contribution in [0.3, 0.4) is 0 Å². The first kappa shape index (κ1) is 10.1. The molecule has 7 heteroatoms. The summed E-state index contributed by atoms with van der Waals surface area (Å²) >= 11 is 0. The molecule has 0 bridgehead atoms. The van der Waals surface area contributed by atoms with Gasteiger partial charge >= 0.3 is 5.69 Å². The first-order valence-electron chi connectivity index (χ1n) is 4.33. The van der Waals surface area contributed by atoms with Gasteiger partial charge in [-0.05, 0) is 6.07 Å². The van der Waals surface area contributed by atoms with E-state index in [0.717, 1.165) is 0 Å². The number of aromatic amines is 1. The molecule has 1 aromatic heterocycles. The highest BCUT2D eigenvalue weighted by Gasteiger charge is 2.18. The van der Waals surface area contributed by atoms with Crippen molar-refractivity contribution in [1.82, 2.24) is 10.2 Å². The minimum atomic E-state index is -0.562. The summed E-state index contributed by atoms with van der Waals surface area (Å²) in [5.74, 6) is 0.0991. The Morgan fingerprint density at radius 2 is 2.31 bits per heavy atom. The molecule has 0 amide bonds. The van der Waals surface area contributed by atoms with Gasteiger partial charge in [0, 0.05) is 11.5 Å². The van der Waals surface area contributed by atoms with Crippen molar-refractivity contribution >= 4 is 22.9 Å². The van der Waals surface area contributed by atoms with Crippen molar-refractivity contribution in [2.24, 2.45) is 0 Å². The SMILES string of the molecule is COc1cc2c(C=O)[nH]nc2cc1[N+](=O)[O-]. The molecule has 0 atom stereocenters. The monoisotopic (exact) mass is 221 g/mol. The highest BCUT2D eigenvalue weighted by molar-refractivity contribution is 5.96. The molecule has 1 N–H and O–H groups in total. The van der Waals surface area contributed by atoms with Gasteiger partial charge in [-0.1, -0.05) is 0 Å². The molecule has 0 saturated carbocycles. The van der Waals surface area contributed by atoms with E-state index in [1.165, 1.54) is 19.2 Å². The van der Waals surface area contributed by atoms with Gasteiger partial charge in [0.25, 0.3) is 0 Å². The number of H-pyrrole nitrogens is 1. The molecule has 82 valence electrons. The van der Waals surface area contributed by atoms with Gasteiger partial charge in [0.2, 0.25) is 0 Å². The molecule has 2 aromatic rings. The summed E-state index contributed by atoms with van der Waals surface area (Å²) in [6.45, 7) is 0. The lowest BCUT2D eigenvalue weighted by molar-refractivity contribution is -0.385. The maximum atomic E-state index is 10.7. The van der Waals surface area contributed by atoms with Crippen LogP contribution in [0.5, 0.6) is 5.75 Å². The topological polar surface area (TPSA) is 98.1 Å². The van der Waals surface area contributed by atoms with Crippen LogP contribution in [0.1, 0.15) is 10.5 Å². The fourth-order valence-electron chi connectivity index (χ4n) is 1.44. The Labute approximate surface area is 89.2 Å². The van der Waals surface area contributed by atoms with E-state index in [1.54, 1.807) is 0 Å². The predicted octanol–water partition coefficient (Wildman–Crippen LogP) is 1.29. The van der Waals surface area contributed by atoms with Gasteiger partial charge in [-0.3, -0.25) is 20.0 Å². The Kier molecular flexibility index (Phi) is 2.28. The highest BCUT2D eigenvalue weighted by Crippen LogP contribution is 2.31. The zero-order chi connectivity index (χ0) is 11.7. The van der Waals surface area contributed by atoms with E-state index in [9.17, 15) is 14.9 Å². The molecule has 0 aliphatic carbocycles.